The molecule has 0 radical (unpaired) electrons. The highest BCUT2D eigenvalue weighted by Gasteiger charge is 2.05. The zero-order valence-corrected chi connectivity index (χ0v) is 10.4. The standard InChI is InChI=1S/C13H18O4/c1-9-7-12(16-3)10(2)6-11(9)8-17-5-4-13(14)15/h6-7H,4-5,8H2,1-3H3,(H,14,15). The number of carboxylic acids is 1. The van der Waals surface area contributed by atoms with Crippen molar-refractivity contribution in [1.82, 2.24) is 0 Å². The van der Waals surface area contributed by atoms with E-state index in [0.29, 0.717) is 6.61 Å². The largest absolute Gasteiger partial charge is 0.496 e. The van der Waals surface area contributed by atoms with Gasteiger partial charge in [-0.1, -0.05) is 0 Å². The summed E-state index contributed by atoms with van der Waals surface area (Å²) < 4.78 is 10.5. The van der Waals surface area contributed by atoms with E-state index >= 15 is 0 Å². The molecule has 1 rings (SSSR count). The van der Waals surface area contributed by atoms with E-state index in [4.69, 9.17) is 14.6 Å². The highest BCUT2D eigenvalue weighted by atomic mass is 16.5. The van der Waals surface area contributed by atoms with Crippen molar-refractivity contribution in [2.24, 2.45) is 0 Å². The molecular formula is C13H18O4. The second-order valence-electron chi connectivity index (χ2n) is 3.94. The van der Waals surface area contributed by atoms with E-state index in [0.717, 1.165) is 22.4 Å². The quantitative estimate of drug-likeness (QED) is 0.773. The molecule has 4 nitrogen and oxygen atoms in total. The van der Waals surface area contributed by atoms with E-state index < -0.39 is 5.97 Å². The summed E-state index contributed by atoms with van der Waals surface area (Å²) in [6.07, 6.45) is 0.0359. The number of aryl methyl sites for hydroxylation is 2. The van der Waals surface area contributed by atoms with Crippen molar-refractivity contribution in [2.45, 2.75) is 26.9 Å². The molecule has 4 heteroatoms. The van der Waals surface area contributed by atoms with Gasteiger partial charge in [0.1, 0.15) is 5.75 Å². The molecule has 0 amide bonds. The van der Waals surface area contributed by atoms with Crippen LogP contribution in [0.2, 0.25) is 0 Å². The van der Waals surface area contributed by atoms with E-state index in [9.17, 15) is 4.79 Å². The number of hydrogen-bond acceptors (Lipinski definition) is 3. The minimum atomic E-state index is -0.840. The van der Waals surface area contributed by atoms with Crippen LogP contribution in [0.1, 0.15) is 23.1 Å². The maximum Gasteiger partial charge on any atom is 0.305 e. The molecule has 0 unspecified atom stereocenters. The number of carbonyl (C=O) groups is 1. The van der Waals surface area contributed by atoms with Gasteiger partial charge in [-0.05, 0) is 42.7 Å². The van der Waals surface area contributed by atoms with Gasteiger partial charge in [0.25, 0.3) is 0 Å². The Morgan fingerprint density at radius 1 is 1.29 bits per heavy atom. The lowest BCUT2D eigenvalue weighted by Gasteiger charge is -2.11. The average molecular weight is 238 g/mol. The molecule has 0 aliphatic heterocycles. The number of ether oxygens (including phenoxy) is 2. The van der Waals surface area contributed by atoms with Crippen LogP contribution in [0.15, 0.2) is 12.1 Å². The fraction of sp³-hybridized carbons (Fsp3) is 0.462. The summed E-state index contributed by atoms with van der Waals surface area (Å²) in [5, 5.41) is 8.48. The first-order valence-corrected chi connectivity index (χ1v) is 5.48. The normalized spacial score (nSPS) is 10.3. The van der Waals surface area contributed by atoms with Crippen molar-refractivity contribution in [3.05, 3.63) is 28.8 Å². The van der Waals surface area contributed by atoms with Gasteiger partial charge >= 0.3 is 5.97 Å². The van der Waals surface area contributed by atoms with Gasteiger partial charge in [-0.25, -0.2) is 0 Å². The van der Waals surface area contributed by atoms with Crippen molar-refractivity contribution in [1.29, 1.82) is 0 Å². The van der Waals surface area contributed by atoms with E-state index in [1.807, 2.05) is 26.0 Å². The van der Waals surface area contributed by atoms with Gasteiger partial charge in [0, 0.05) is 0 Å². The van der Waals surface area contributed by atoms with Gasteiger partial charge in [0.2, 0.25) is 0 Å². The van der Waals surface area contributed by atoms with Crippen LogP contribution in [0.5, 0.6) is 5.75 Å². The van der Waals surface area contributed by atoms with Gasteiger partial charge < -0.3 is 14.6 Å². The zero-order chi connectivity index (χ0) is 12.8. The summed E-state index contributed by atoms with van der Waals surface area (Å²) >= 11 is 0. The first kappa shape index (κ1) is 13.5. The van der Waals surface area contributed by atoms with Crippen molar-refractivity contribution >= 4 is 5.97 Å². The van der Waals surface area contributed by atoms with Gasteiger partial charge in [-0.2, -0.15) is 0 Å². The maximum atomic E-state index is 10.3. The lowest BCUT2D eigenvalue weighted by atomic mass is 10.1. The van der Waals surface area contributed by atoms with E-state index in [-0.39, 0.29) is 13.0 Å². The molecule has 0 saturated heterocycles. The SMILES string of the molecule is COc1cc(C)c(COCCC(=O)O)cc1C. The summed E-state index contributed by atoms with van der Waals surface area (Å²) in [5.41, 5.74) is 3.20. The van der Waals surface area contributed by atoms with E-state index in [2.05, 4.69) is 0 Å². The Balaban J connectivity index is 2.59. The molecule has 1 aromatic rings. The molecule has 1 aromatic carbocycles. The molecule has 0 spiro atoms. The number of aliphatic carboxylic acids is 1. The maximum absolute atomic E-state index is 10.3. The third-order valence-corrected chi connectivity index (χ3v) is 2.57. The average Bonchev–Trinajstić information content (AvgIpc) is 2.28. The van der Waals surface area contributed by atoms with Crippen molar-refractivity contribution in [2.75, 3.05) is 13.7 Å². The van der Waals surface area contributed by atoms with Crippen LogP contribution >= 0.6 is 0 Å². The summed E-state index contributed by atoms with van der Waals surface area (Å²) in [7, 11) is 1.64. The Morgan fingerprint density at radius 3 is 2.59 bits per heavy atom. The van der Waals surface area contributed by atoms with Crippen molar-refractivity contribution in [3.8, 4) is 5.75 Å². The van der Waals surface area contributed by atoms with Crippen LogP contribution in [-0.2, 0) is 16.1 Å². The predicted molar refractivity (Wildman–Crippen MR) is 64.4 cm³/mol. The number of hydrogen-bond donors (Lipinski definition) is 1. The van der Waals surface area contributed by atoms with Crippen LogP contribution in [0.4, 0.5) is 0 Å². The molecule has 0 atom stereocenters. The Hall–Kier alpha value is -1.55. The second-order valence-corrected chi connectivity index (χ2v) is 3.94. The highest BCUT2D eigenvalue weighted by Crippen LogP contribution is 2.22. The molecule has 0 aromatic heterocycles. The van der Waals surface area contributed by atoms with Gasteiger partial charge in [0.05, 0.1) is 26.7 Å². The van der Waals surface area contributed by atoms with Crippen LogP contribution in [0.3, 0.4) is 0 Å². The van der Waals surface area contributed by atoms with Crippen LogP contribution in [0.25, 0.3) is 0 Å². The molecule has 0 saturated carbocycles. The fourth-order valence-electron chi connectivity index (χ4n) is 1.57. The molecule has 0 bridgehead atoms. The minimum absolute atomic E-state index is 0.0359. The van der Waals surface area contributed by atoms with Gasteiger partial charge in [-0.3, -0.25) is 4.79 Å². The Morgan fingerprint density at radius 2 is 2.00 bits per heavy atom. The third-order valence-electron chi connectivity index (χ3n) is 2.57. The van der Waals surface area contributed by atoms with Crippen molar-refractivity contribution in [3.63, 3.8) is 0 Å². The fourth-order valence-corrected chi connectivity index (χ4v) is 1.57. The topological polar surface area (TPSA) is 55.8 Å². The van der Waals surface area contributed by atoms with Crippen LogP contribution in [0, 0.1) is 13.8 Å². The highest BCUT2D eigenvalue weighted by molar-refractivity contribution is 5.66. The monoisotopic (exact) mass is 238 g/mol. The smallest absolute Gasteiger partial charge is 0.305 e. The summed E-state index contributed by atoms with van der Waals surface area (Å²) in [6.45, 7) is 4.63. The number of methoxy groups -OCH3 is 1. The molecule has 0 aliphatic carbocycles. The third kappa shape index (κ3) is 4.07. The lowest BCUT2D eigenvalue weighted by Crippen LogP contribution is -2.04. The zero-order valence-electron chi connectivity index (χ0n) is 10.4. The van der Waals surface area contributed by atoms with E-state index in [1.165, 1.54) is 0 Å². The van der Waals surface area contributed by atoms with Crippen molar-refractivity contribution < 1.29 is 19.4 Å². The Labute approximate surface area is 101 Å². The number of benzene rings is 1. The first-order valence-electron chi connectivity index (χ1n) is 5.48. The summed E-state index contributed by atoms with van der Waals surface area (Å²) in [5.74, 6) is 0.0180. The first-order chi connectivity index (χ1) is 8.04. The molecule has 0 fully saturated rings. The molecule has 17 heavy (non-hydrogen) atoms. The van der Waals surface area contributed by atoms with Gasteiger partial charge in [-0.15, -0.1) is 0 Å². The summed E-state index contributed by atoms with van der Waals surface area (Å²) in [4.78, 5) is 10.3. The van der Waals surface area contributed by atoms with Crippen LogP contribution < -0.4 is 4.74 Å². The predicted octanol–water partition coefficient (Wildman–Crippen LogP) is 2.30. The molecule has 1 N–H and O–H groups in total. The molecule has 94 valence electrons. The lowest BCUT2D eigenvalue weighted by molar-refractivity contribution is -0.138. The Kier molecular flexibility index (Phi) is 4.97. The van der Waals surface area contributed by atoms with Crippen LogP contribution in [-0.4, -0.2) is 24.8 Å². The second kappa shape index (κ2) is 6.25. The van der Waals surface area contributed by atoms with E-state index in [1.54, 1.807) is 7.11 Å². The Bertz CT molecular complexity index is 399. The summed E-state index contributed by atoms with van der Waals surface area (Å²) in [6, 6.07) is 3.97. The van der Waals surface area contributed by atoms with Gasteiger partial charge in [0.15, 0.2) is 0 Å². The minimum Gasteiger partial charge on any atom is -0.496 e. The number of rotatable bonds is 6. The molecule has 0 aliphatic rings. The molecule has 0 heterocycles. The molecular weight excluding hydrogens is 220 g/mol. The number of carboxylic acid groups (broad SMARTS) is 1.